The van der Waals surface area contributed by atoms with Gasteiger partial charge in [-0.1, -0.05) is 12.2 Å². The number of halogens is 1. The number of nitrogens with zero attached hydrogens (tertiary/aromatic N) is 2. The molecule has 1 aromatic carbocycles. The number of aromatic nitrogens is 2. The maximum atomic E-state index is 13.2. The van der Waals surface area contributed by atoms with Gasteiger partial charge < -0.3 is 10.5 Å². The average Bonchev–Trinajstić information content (AvgIpc) is 2.88. The van der Waals surface area contributed by atoms with E-state index in [0.717, 1.165) is 0 Å². The van der Waals surface area contributed by atoms with Crippen LogP contribution in [0.3, 0.4) is 0 Å². The van der Waals surface area contributed by atoms with Gasteiger partial charge in [-0.2, -0.15) is 5.10 Å². The fraction of sp³-hybridized carbons (Fsp3) is 0.353. The topological polar surface area (TPSA) is 82.2 Å². The molecule has 0 saturated carbocycles. The van der Waals surface area contributed by atoms with Gasteiger partial charge in [0, 0.05) is 23.9 Å². The van der Waals surface area contributed by atoms with Crippen molar-refractivity contribution in [3.05, 3.63) is 41.8 Å². The molecule has 0 unspecified atom stereocenters. The van der Waals surface area contributed by atoms with Crippen LogP contribution in [-0.2, 0) is 11.2 Å². The van der Waals surface area contributed by atoms with Gasteiger partial charge in [0.05, 0.1) is 11.4 Å². The summed E-state index contributed by atoms with van der Waals surface area (Å²) in [4.78, 5) is 12.7. The van der Waals surface area contributed by atoms with E-state index in [1.165, 1.54) is 16.8 Å². The normalized spacial score (nSPS) is 11.2. The van der Waals surface area contributed by atoms with Gasteiger partial charge in [0.2, 0.25) is 0 Å². The second kappa shape index (κ2) is 7.71. The zero-order chi connectivity index (χ0) is 18.6. The molecule has 8 heteroatoms. The minimum Gasteiger partial charge on any atom is -0.444 e. The van der Waals surface area contributed by atoms with Crippen LogP contribution in [0.2, 0.25) is 0 Å². The first-order chi connectivity index (χ1) is 11.7. The monoisotopic (exact) mass is 364 g/mol. The first-order valence-electron chi connectivity index (χ1n) is 7.74. The fourth-order valence-electron chi connectivity index (χ4n) is 2.07. The van der Waals surface area contributed by atoms with Crippen molar-refractivity contribution < 1.29 is 13.9 Å². The van der Waals surface area contributed by atoms with Gasteiger partial charge in [-0.05, 0) is 45.0 Å². The smallest absolute Gasteiger partial charge is 0.413 e. The lowest BCUT2D eigenvalue weighted by Gasteiger charge is -2.19. The van der Waals surface area contributed by atoms with E-state index >= 15 is 0 Å². The van der Waals surface area contributed by atoms with Crippen LogP contribution < -0.4 is 11.1 Å². The summed E-state index contributed by atoms with van der Waals surface area (Å²) in [6.07, 6.45) is -0.202. The van der Waals surface area contributed by atoms with E-state index in [9.17, 15) is 9.18 Å². The van der Waals surface area contributed by atoms with Gasteiger partial charge >= 0.3 is 6.09 Å². The van der Waals surface area contributed by atoms with Crippen LogP contribution >= 0.6 is 12.2 Å². The fourth-order valence-corrected chi connectivity index (χ4v) is 2.21. The number of nitrogens with one attached hydrogen (secondary N) is 1. The van der Waals surface area contributed by atoms with E-state index in [-0.39, 0.29) is 12.4 Å². The highest BCUT2D eigenvalue weighted by Crippen LogP contribution is 2.20. The van der Waals surface area contributed by atoms with Crippen LogP contribution in [0.15, 0.2) is 30.3 Å². The summed E-state index contributed by atoms with van der Waals surface area (Å²) in [5.41, 5.74) is 6.14. The number of benzene rings is 1. The van der Waals surface area contributed by atoms with Gasteiger partial charge in [-0.15, -0.1) is 0 Å². The summed E-state index contributed by atoms with van der Waals surface area (Å²) in [7, 11) is 0. The lowest BCUT2D eigenvalue weighted by Crippen LogP contribution is -2.27. The molecule has 0 fully saturated rings. The maximum Gasteiger partial charge on any atom is 0.413 e. The molecule has 0 radical (unpaired) electrons. The SMILES string of the molecule is CC(C)(C)OC(=O)Nc1cc(CC(=S)CN)nn1-c1ccc(F)cc1. The molecule has 0 aliphatic heterocycles. The highest BCUT2D eigenvalue weighted by molar-refractivity contribution is 7.80. The number of nitrogens with two attached hydrogens (primary N) is 1. The third-order valence-corrected chi connectivity index (χ3v) is 3.38. The van der Waals surface area contributed by atoms with Crippen LogP contribution in [-0.4, -0.2) is 32.9 Å². The predicted octanol–water partition coefficient (Wildman–Crippen LogP) is 3.23. The van der Waals surface area contributed by atoms with E-state index in [1.807, 2.05) is 0 Å². The number of amides is 1. The molecule has 0 atom stereocenters. The Bertz CT molecular complexity index is 766. The van der Waals surface area contributed by atoms with Gasteiger partial charge in [0.25, 0.3) is 0 Å². The third-order valence-electron chi connectivity index (χ3n) is 3.07. The number of carbonyl (C=O) groups excluding carboxylic acids is 1. The summed E-state index contributed by atoms with van der Waals surface area (Å²) in [6, 6.07) is 7.45. The van der Waals surface area contributed by atoms with E-state index < -0.39 is 11.7 Å². The molecule has 0 bridgehead atoms. The Labute approximate surface area is 151 Å². The largest absolute Gasteiger partial charge is 0.444 e. The summed E-state index contributed by atoms with van der Waals surface area (Å²) in [5.74, 6) is 0.0396. The molecule has 2 rings (SSSR count). The van der Waals surface area contributed by atoms with Gasteiger partial charge in [-0.25, -0.2) is 13.9 Å². The summed E-state index contributed by atoms with van der Waals surface area (Å²) < 4.78 is 19.9. The Kier molecular flexibility index (Phi) is 5.86. The van der Waals surface area contributed by atoms with Crippen molar-refractivity contribution in [3.8, 4) is 5.69 Å². The Morgan fingerprint density at radius 3 is 2.56 bits per heavy atom. The second-order valence-corrected chi connectivity index (χ2v) is 7.03. The van der Waals surface area contributed by atoms with Gasteiger partial charge in [0.1, 0.15) is 17.2 Å². The highest BCUT2D eigenvalue weighted by Gasteiger charge is 2.19. The number of rotatable bonds is 5. The van der Waals surface area contributed by atoms with Crippen molar-refractivity contribution in [2.24, 2.45) is 5.73 Å². The molecular weight excluding hydrogens is 343 g/mol. The third kappa shape index (κ3) is 5.61. The highest BCUT2D eigenvalue weighted by atomic mass is 32.1. The predicted molar refractivity (Wildman–Crippen MR) is 98.7 cm³/mol. The van der Waals surface area contributed by atoms with E-state index in [1.54, 1.807) is 39.0 Å². The Hall–Kier alpha value is -2.32. The molecule has 3 N–H and O–H groups in total. The molecule has 25 heavy (non-hydrogen) atoms. The summed E-state index contributed by atoms with van der Waals surface area (Å²) in [5, 5.41) is 7.09. The van der Waals surface area contributed by atoms with Gasteiger partial charge in [0.15, 0.2) is 0 Å². The number of hydrogen-bond acceptors (Lipinski definition) is 5. The molecular formula is C17H21FN4O2S. The first kappa shape index (κ1) is 19.0. The molecule has 1 aromatic heterocycles. The second-order valence-electron chi connectivity index (χ2n) is 6.46. The number of hydrogen-bond donors (Lipinski definition) is 2. The summed E-state index contributed by atoms with van der Waals surface area (Å²) in [6.45, 7) is 5.59. The standard InChI is InChI=1S/C17H21FN4O2S/c1-17(2,3)24-16(23)20-15-9-12(8-14(25)10-19)21-22(15)13-6-4-11(18)5-7-13/h4-7,9H,8,10,19H2,1-3H3,(H,20,23). The lowest BCUT2D eigenvalue weighted by atomic mass is 10.2. The number of thiocarbonyl (C=S) groups is 1. The lowest BCUT2D eigenvalue weighted by molar-refractivity contribution is 0.0635. The van der Waals surface area contributed by atoms with Crippen molar-refractivity contribution in [3.63, 3.8) is 0 Å². The van der Waals surface area contributed by atoms with E-state index in [4.69, 9.17) is 22.7 Å². The van der Waals surface area contributed by atoms with Crippen molar-refractivity contribution in [2.45, 2.75) is 32.8 Å². The quantitative estimate of drug-likeness (QED) is 0.796. The van der Waals surface area contributed by atoms with Crippen LogP contribution in [0.4, 0.5) is 15.0 Å². The average molecular weight is 364 g/mol. The van der Waals surface area contributed by atoms with E-state index in [0.29, 0.717) is 28.5 Å². The summed E-state index contributed by atoms with van der Waals surface area (Å²) >= 11 is 5.15. The molecule has 0 aliphatic carbocycles. The number of ether oxygens (including phenoxy) is 1. The first-order valence-corrected chi connectivity index (χ1v) is 8.15. The van der Waals surface area contributed by atoms with Crippen LogP contribution in [0.25, 0.3) is 5.69 Å². The van der Waals surface area contributed by atoms with Crippen molar-refractivity contribution >= 4 is 29.0 Å². The van der Waals surface area contributed by atoms with Crippen LogP contribution in [0.1, 0.15) is 26.5 Å². The van der Waals surface area contributed by atoms with Crippen molar-refractivity contribution in [1.29, 1.82) is 0 Å². The molecule has 0 spiro atoms. The minimum absolute atomic E-state index is 0.271. The Balaban J connectivity index is 2.33. The molecule has 1 amide bonds. The molecule has 0 saturated heterocycles. The van der Waals surface area contributed by atoms with Crippen molar-refractivity contribution in [1.82, 2.24) is 9.78 Å². The molecule has 2 aromatic rings. The van der Waals surface area contributed by atoms with Crippen LogP contribution in [0, 0.1) is 5.82 Å². The maximum absolute atomic E-state index is 13.2. The Morgan fingerprint density at radius 1 is 1.36 bits per heavy atom. The number of anilines is 1. The Morgan fingerprint density at radius 2 is 2.00 bits per heavy atom. The number of carbonyl (C=O) groups is 1. The van der Waals surface area contributed by atoms with Gasteiger partial charge in [-0.3, -0.25) is 5.32 Å². The zero-order valence-electron chi connectivity index (χ0n) is 14.4. The van der Waals surface area contributed by atoms with Crippen molar-refractivity contribution in [2.75, 3.05) is 11.9 Å². The molecule has 134 valence electrons. The van der Waals surface area contributed by atoms with Crippen LogP contribution in [0.5, 0.6) is 0 Å². The van der Waals surface area contributed by atoms with E-state index in [2.05, 4.69) is 10.4 Å². The minimum atomic E-state index is -0.630. The molecule has 0 aliphatic rings. The zero-order valence-corrected chi connectivity index (χ0v) is 15.2. The molecule has 6 nitrogen and oxygen atoms in total. The molecule has 1 heterocycles.